The van der Waals surface area contributed by atoms with Gasteiger partial charge in [0.2, 0.25) is 0 Å². The van der Waals surface area contributed by atoms with Crippen LogP contribution in [0.2, 0.25) is 0 Å². The Kier molecular flexibility index (Phi) is 6.30. The first-order chi connectivity index (χ1) is 9.69. The van der Waals surface area contributed by atoms with E-state index in [-0.39, 0.29) is 23.9 Å². The van der Waals surface area contributed by atoms with Crippen molar-refractivity contribution in [3.8, 4) is 0 Å². The van der Waals surface area contributed by atoms with Crippen LogP contribution in [0.5, 0.6) is 0 Å². The topological polar surface area (TPSA) is 15.3 Å². The van der Waals surface area contributed by atoms with Gasteiger partial charge in [0, 0.05) is 32.2 Å². The molecule has 2 rings (SSSR count). The maximum Gasteiger partial charge on any atom is 0.416 e. The fourth-order valence-corrected chi connectivity index (χ4v) is 3.05. The quantitative estimate of drug-likeness (QED) is 0.874. The van der Waals surface area contributed by atoms with Crippen LogP contribution in [-0.2, 0) is 6.18 Å². The molecule has 0 unspecified atom stereocenters. The van der Waals surface area contributed by atoms with E-state index in [2.05, 4.69) is 31.0 Å². The van der Waals surface area contributed by atoms with Gasteiger partial charge in [0.05, 0.1) is 5.56 Å². The average Bonchev–Trinajstić information content (AvgIpc) is 2.38. The SMILES string of the molecule is CC(C)(C)[C@@H](c1ccc(C(F)(F)F)cc1)N1CCNCC1.Cl. The van der Waals surface area contributed by atoms with Crippen LogP contribution in [0.15, 0.2) is 24.3 Å². The van der Waals surface area contributed by atoms with E-state index in [1.165, 1.54) is 12.1 Å². The summed E-state index contributed by atoms with van der Waals surface area (Å²) in [6, 6.07) is 5.76. The maximum atomic E-state index is 12.7. The van der Waals surface area contributed by atoms with E-state index >= 15 is 0 Å². The van der Waals surface area contributed by atoms with Gasteiger partial charge in [-0.15, -0.1) is 12.4 Å². The molecular formula is C16H24ClF3N2. The average molecular weight is 337 g/mol. The van der Waals surface area contributed by atoms with E-state index in [9.17, 15) is 13.2 Å². The number of rotatable bonds is 2. The molecule has 2 nitrogen and oxygen atoms in total. The molecule has 1 atom stereocenters. The summed E-state index contributed by atoms with van der Waals surface area (Å²) in [5.41, 5.74) is 0.341. The molecule has 6 heteroatoms. The van der Waals surface area contributed by atoms with Crippen molar-refractivity contribution in [3.63, 3.8) is 0 Å². The van der Waals surface area contributed by atoms with Gasteiger partial charge in [-0.05, 0) is 23.1 Å². The minimum atomic E-state index is -4.27. The Morgan fingerprint density at radius 3 is 1.91 bits per heavy atom. The third-order valence-electron chi connectivity index (χ3n) is 3.89. The molecule has 1 aliphatic heterocycles. The van der Waals surface area contributed by atoms with Crippen molar-refractivity contribution in [2.24, 2.45) is 5.41 Å². The Morgan fingerprint density at radius 1 is 1.00 bits per heavy atom. The number of alkyl halides is 3. The van der Waals surface area contributed by atoms with Gasteiger partial charge in [-0.2, -0.15) is 13.2 Å². The van der Waals surface area contributed by atoms with Gasteiger partial charge < -0.3 is 5.32 Å². The van der Waals surface area contributed by atoms with Gasteiger partial charge in [-0.1, -0.05) is 32.9 Å². The normalized spacial score (nSPS) is 18.6. The molecule has 1 fully saturated rings. The predicted molar refractivity (Wildman–Crippen MR) is 85.3 cm³/mol. The molecule has 1 heterocycles. The molecular weight excluding hydrogens is 313 g/mol. The van der Waals surface area contributed by atoms with E-state index in [0.29, 0.717) is 0 Å². The monoisotopic (exact) mass is 336 g/mol. The summed E-state index contributed by atoms with van der Waals surface area (Å²) in [5, 5.41) is 3.31. The van der Waals surface area contributed by atoms with Crippen LogP contribution in [0.3, 0.4) is 0 Å². The fourth-order valence-electron chi connectivity index (χ4n) is 3.05. The lowest BCUT2D eigenvalue weighted by molar-refractivity contribution is -0.137. The lowest BCUT2D eigenvalue weighted by Gasteiger charge is -2.42. The van der Waals surface area contributed by atoms with Crippen LogP contribution in [0.1, 0.15) is 37.9 Å². The van der Waals surface area contributed by atoms with E-state index in [1.54, 1.807) is 12.1 Å². The highest BCUT2D eigenvalue weighted by Crippen LogP contribution is 2.39. The zero-order valence-electron chi connectivity index (χ0n) is 13.2. The van der Waals surface area contributed by atoms with Crippen molar-refractivity contribution in [2.45, 2.75) is 33.0 Å². The molecule has 0 aliphatic carbocycles. The van der Waals surface area contributed by atoms with Crippen molar-refractivity contribution in [1.82, 2.24) is 10.2 Å². The Morgan fingerprint density at radius 2 is 1.50 bits per heavy atom. The zero-order chi connectivity index (χ0) is 15.7. The van der Waals surface area contributed by atoms with E-state index in [4.69, 9.17) is 0 Å². The Balaban J connectivity index is 0.00000242. The number of nitrogens with one attached hydrogen (secondary N) is 1. The van der Waals surface area contributed by atoms with Gasteiger partial charge in [0.1, 0.15) is 0 Å². The predicted octanol–water partition coefficient (Wildman–Crippen LogP) is 4.12. The summed E-state index contributed by atoms with van der Waals surface area (Å²) in [5.74, 6) is 0. The van der Waals surface area contributed by atoms with Crippen molar-refractivity contribution in [3.05, 3.63) is 35.4 Å². The minimum absolute atomic E-state index is 0. The molecule has 0 saturated carbocycles. The van der Waals surface area contributed by atoms with E-state index in [0.717, 1.165) is 31.7 Å². The van der Waals surface area contributed by atoms with Crippen LogP contribution in [0, 0.1) is 5.41 Å². The lowest BCUT2D eigenvalue weighted by atomic mass is 9.80. The summed E-state index contributed by atoms with van der Waals surface area (Å²) in [7, 11) is 0. The third-order valence-corrected chi connectivity index (χ3v) is 3.89. The highest BCUT2D eigenvalue weighted by molar-refractivity contribution is 5.85. The van der Waals surface area contributed by atoms with Crippen molar-refractivity contribution in [2.75, 3.05) is 26.2 Å². The van der Waals surface area contributed by atoms with Crippen LogP contribution >= 0.6 is 12.4 Å². The highest BCUT2D eigenvalue weighted by atomic mass is 35.5. The number of nitrogens with zero attached hydrogens (tertiary/aromatic N) is 1. The summed E-state index contributed by atoms with van der Waals surface area (Å²) in [6.45, 7) is 10.1. The number of halogens is 4. The Labute approximate surface area is 136 Å². The molecule has 1 N–H and O–H groups in total. The number of hydrogen-bond acceptors (Lipinski definition) is 2. The molecule has 0 spiro atoms. The third kappa shape index (κ3) is 4.61. The minimum Gasteiger partial charge on any atom is -0.314 e. The second-order valence-electron chi connectivity index (χ2n) is 6.67. The van der Waals surface area contributed by atoms with Gasteiger partial charge in [-0.3, -0.25) is 4.90 Å². The summed E-state index contributed by atoms with van der Waals surface area (Å²) in [6.07, 6.45) is -4.27. The van der Waals surface area contributed by atoms with Crippen LogP contribution in [0.4, 0.5) is 13.2 Å². The van der Waals surface area contributed by atoms with Gasteiger partial charge >= 0.3 is 6.18 Å². The van der Waals surface area contributed by atoms with Crippen LogP contribution in [-0.4, -0.2) is 31.1 Å². The molecule has 0 bridgehead atoms. The summed E-state index contributed by atoms with van der Waals surface area (Å²) < 4.78 is 38.1. The molecule has 1 saturated heterocycles. The first kappa shape index (κ1) is 19.3. The largest absolute Gasteiger partial charge is 0.416 e. The Hall–Kier alpha value is -0.780. The number of benzene rings is 1. The van der Waals surface area contributed by atoms with Gasteiger partial charge in [0.25, 0.3) is 0 Å². The first-order valence-electron chi connectivity index (χ1n) is 7.31. The number of hydrogen-bond donors (Lipinski definition) is 1. The molecule has 0 aromatic heterocycles. The lowest BCUT2D eigenvalue weighted by Crippen LogP contribution is -2.48. The zero-order valence-corrected chi connectivity index (χ0v) is 14.0. The molecule has 126 valence electrons. The maximum absolute atomic E-state index is 12.7. The van der Waals surface area contributed by atoms with Crippen LogP contribution in [0.25, 0.3) is 0 Å². The van der Waals surface area contributed by atoms with E-state index < -0.39 is 11.7 Å². The molecule has 1 aromatic rings. The van der Waals surface area contributed by atoms with Crippen molar-refractivity contribution in [1.29, 1.82) is 0 Å². The van der Waals surface area contributed by atoms with Gasteiger partial charge in [0.15, 0.2) is 0 Å². The second kappa shape index (κ2) is 7.20. The summed E-state index contributed by atoms with van der Waals surface area (Å²) in [4.78, 5) is 2.36. The van der Waals surface area contributed by atoms with Gasteiger partial charge in [-0.25, -0.2) is 0 Å². The number of piperazine rings is 1. The molecule has 1 aliphatic rings. The van der Waals surface area contributed by atoms with Crippen LogP contribution < -0.4 is 5.32 Å². The Bertz CT molecular complexity index is 460. The molecule has 1 aromatic carbocycles. The molecule has 0 radical (unpaired) electrons. The molecule has 0 amide bonds. The smallest absolute Gasteiger partial charge is 0.314 e. The summed E-state index contributed by atoms with van der Waals surface area (Å²) >= 11 is 0. The standard InChI is InChI=1S/C16H23F3N2.ClH/c1-15(2,3)14(21-10-8-20-9-11-21)12-4-6-13(7-5-12)16(17,18)19;/h4-7,14,20H,8-11H2,1-3H3;1H/t14-;/m1./s1. The van der Waals surface area contributed by atoms with E-state index in [1.807, 2.05) is 0 Å². The highest BCUT2D eigenvalue weighted by Gasteiger charge is 2.34. The molecule has 22 heavy (non-hydrogen) atoms. The fraction of sp³-hybridized carbons (Fsp3) is 0.625. The first-order valence-corrected chi connectivity index (χ1v) is 7.31. The van der Waals surface area contributed by atoms with Crippen molar-refractivity contribution >= 4 is 12.4 Å². The second-order valence-corrected chi connectivity index (χ2v) is 6.67. The van der Waals surface area contributed by atoms with Crippen molar-refractivity contribution < 1.29 is 13.2 Å².